The molecule has 4 N–H and O–H groups in total. The Morgan fingerprint density at radius 3 is 2.62 bits per heavy atom. The summed E-state index contributed by atoms with van der Waals surface area (Å²) in [5.74, 6) is -0.479. The van der Waals surface area contributed by atoms with Crippen LogP contribution in [0.3, 0.4) is 0 Å². The molecular weight excluding hydrogens is 445 g/mol. The number of amides is 1. The second-order valence-corrected chi connectivity index (χ2v) is 8.16. The summed E-state index contributed by atoms with van der Waals surface area (Å²) in [4.78, 5) is 32.0. The van der Waals surface area contributed by atoms with Gasteiger partial charge in [-0.3, -0.25) is 14.3 Å². The maximum atomic E-state index is 14.8. The summed E-state index contributed by atoms with van der Waals surface area (Å²) in [5, 5.41) is 14.9. The van der Waals surface area contributed by atoms with E-state index in [1.54, 1.807) is 19.3 Å². The highest BCUT2D eigenvalue weighted by molar-refractivity contribution is 6.02. The molecular formula is C22H28FN7O4. The van der Waals surface area contributed by atoms with E-state index in [2.05, 4.69) is 20.4 Å². The molecule has 12 heteroatoms. The van der Waals surface area contributed by atoms with Crippen LogP contribution in [-0.2, 0) is 11.8 Å². The molecule has 1 aliphatic heterocycles. The molecule has 0 unspecified atom stereocenters. The number of carbonyl (C=O) groups excluding carboxylic acids is 1. The quantitative estimate of drug-likeness (QED) is 0.452. The van der Waals surface area contributed by atoms with Crippen molar-refractivity contribution < 1.29 is 23.8 Å². The van der Waals surface area contributed by atoms with Gasteiger partial charge >= 0.3 is 0 Å². The zero-order valence-corrected chi connectivity index (χ0v) is 19.3. The van der Waals surface area contributed by atoms with Crippen molar-refractivity contribution in [1.82, 2.24) is 25.1 Å². The van der Waals surface area contributed by atoms with Gasteiger partial charge in [0.25, 0.3) is 12.4 Å². The van der Waals surface area contributed by atoms with Gasteiger partial charge in [-0.1, -0.05) is 13.8 Å². The molecule has 1 aliphatic rings. The zero-order chi connectivity index (χ0) is 24.8. The molecule has 0 bridgehead atoms. The third kappa shape index (κ3) is 5.57. The molecule has 0 radical (unpaired) electrons. The number of nitrogens with two attached hydrogens (primary N) is 1. The van der Waals surface area contributed by atoms with Crippen LogP contribution in [0.1, 0.15) is 24.2 Å². The molecule has 1 fully saturated rings. The van der Waals surface area contributed by atoms with Crippen LogP contribution < -0.4 is 20.7 Å². The molecule has 2 aromatic heterocycles. The summed E-state index contributed by atoms with van der Waals surface area (Å²) in [6.07, 6.45) is 1.71. The number of primary amides is 1. The van der Waals surface area contributed by atoms with Crippen molar-refractivity contribution in [3.63, 3.8) is 0 Å². The molecule has 1 amide bonds. The number of rotatable bonds is 6. The van der Waals surface area contributed by atoms with E-state index in [-0.39, 0.29) is 35.0 Å². The van der Waals surface area contributed by atoms with Crippen molar-refractivity contribution in [2.45, 2.75) is 13.8 Å². The van der Waals surface area contributed by atoms with Crippen LogP contribution in [0.2, 0.25) is 0 Å². The average Bonchev–Trinajstić information content (AvgIpc) is 3.19. The monoisotopic (exact) mass is 473 g/mol. The number of fused-ring (bicyclic) bond motifs is 1. The van der Waals surface area contributed by atoms with E-state index in [1.165, 1.54) is 10.7 Å². The summed E-state index contributed by atoms with van der Waals surface area (Å²) in [5.41, 5.74) is 6.67. The Hall–Kier alpha value is -3.80. The summed E-state index contributed by atoms with van der Waals surface area (Å²) in [6, 6.07) is 3.06. The standard InChI is InChI=1S/C21H26FN7O2.CH2O2/c1-12(2)11-31-20-16(19(23)30)18(25-21(26-20)29-6-4-24-5-7-29)13-8-14-10-28(3)27-17(14)15(22)9-13;2-1-3/h8-10,12,24H,4-7,11H2,1-3H3,(H2,23,30);1H,(H,2,3). The van der Waals surface area contributed by atoms with Gasteiger partial charge in [0.05, 0.1) is 12.3 Å². The minimum Gasteiger partial charge on any atom is -0.483 e. The Balaban J connectivity index is 0.00000103. The Morgan fingerprint density at radius 2 is 2.00 bits per heavy atom. The van der Waals surface area contributed by atoms with Crippen molar-refractivity contribution >= 4 is 29.2 Å². The summed E-state index contributed by atoms with van der Waals surface area (Å²) in [6.45, 7) is 7.07. The SMILES string of the molecule is CC(C)COc1nc(N2CCNCC2)nc(-c2cc(F)c3nn(C)cc3c2)c1C(N)=O.O=CO. The number of benzene rings is 1. The van der Waals surface area contributed by atoms with E-state index < -0.39 is 11.7 Å². The van der Waals surface area contributed by atoms with E-state index in [4.69, 9.17) is 20.4 Å². The summed E-state index contributed by atoms with van der Waals surface area (Å²) < 4.78 is 22.2. The predicted molar refractivity (Wildman–Crippen MR) is 124 cm³/mol. The molecule has 1 saturated heterocycles. The highest BCUT2D eigenvalue weighted by Crippen LogP contribution is 2.33. The molecule has 0 spiro atoms. The van der Waals surface area contributed by atoms with Crippen LogP contribution in [0.4, 0.5) is 10.3 Å². The second-order valence-electron chi connectivity index (χ2n) is 8.16. The Morgan fingerprint density at radius 1 is 1.32 bits per heavy atom. The van der Waals surface area contributed by atoms with E-state index >= 15 is 0 Å². The van der Waals surface area contributed by atoms with Crippen molar-refractivity contribution in [3.05, 3.63) is 29.7 Å². The fraction of sp³-hybridized carbons (Fsp3) is 0.409. The van der Waals surface area contributed by atoms with Crippen molar-refractivity contribution in [3.8, 4) is 17.1 Å². The predicted octanol–water partition coefficient (Wildman–Crippen LogP) is 1.41. The number of piperazine rings is 1. The normalized spacial score (nSPS) is 13.5. The van der Waals surface area contributed by atoms with E-state index in [0.29, 0.717) is 36.6 Å². The summed E-state index contributed by atoms with van der Waals surface area (Å²) >= 11 is 0. The van der Waals surface area contributed by atoms with E-state index in [0.717, 1.165) is 13.1 Å². The fourth-order valence-electron chi connectivity index (χ4n) is 3.57. The highest BCUT2D eigenvalue weighted by Gasteiger charge is 2.25. The number of halogens is 1. The lowest BCUT2D eigenvalue weighted by Gasteiger charge is -2.28. The van der Waals surface area contributed by atoms with Gasteiger partial charge in [-0.25, -0.2) is 9.37 Å². The molecule has 34 heavy (non-hydrogen) atoms. The molecule has 182 valence electrons. The van der Waals surface area contributed by atoms with Crippen LogP contribution in [0.5, 0.6) is 5.88 Å². The maximum absolute atomic E-state index is 14.8. The molecule has 0 saturated carbocycles. The van der Waals surface area contributed by atoms with Crippen molar-refractivity contribution in [1.29, 1.82) is 0 Å². The molecule has 3 aromatic rings. The molecule has 0 aliphatic carbocycles. The molecule has 3 heterocycles. The average molecular weight is 474 g/mol. The van der Waals surface area contributed by atoms with E-state index in [9.17, 15) is 9.18 Å². The van der Waals surface area contributed by atoms with Gasteiger partial charge in [0.15, 0.2) is 5.82 Å². The number of anilines is 1. The molecule has 1 aromatic carbocycles. The number of aromatic nitrogens is 4. The highest BCUT2D eigenvalue weighted by atomic mass is 19.1. The number of aryl methyl sites for hydroxylation is 1. The van der Waals surface area contributed by atoms with Crippen molar-refractivity contribution in [2.75, 3.05) is 37.7 Å². The van der Waals surface area contributed by atoms with Gasteiger partial charge in [0, 0.05) is 50.4 Å². The first-order valence-electron chi connectivity index (χ1n) is 10.8. The first-order valence-corrected chi connectivity index (χ1v) is 10.8. The molecule has 0 atom stereocenters. The number of ether oxygens (including phenoxy) is 1. The van der Waals surface area contributed by atoms with Gasteiger partial charge in [0.2, 0.25) is 11.8 Å². The summed E-state index contributed by atoms with van der Waals surface area (Å²) in [7, 11) is 1.72. The molecule has 11 nitrogen and oxygen atoms in total. The lowest BCUT2D eigenvalue weighted by molar-refractivity contribution is -0.122. The largest absolute Gasteiger partial charge is 0.483 e. The minimum atomic E-state index is -0.729. The first-order chi connectivity index (χ1) is 16.2. The lowest BCUT2D eigenvalue weighted by Crippen LogP contribution is -2.44. The van der Waals surface area contributed by atoms with Gasteiger partial charge in [-0.15, -0.1) is 0 Å². The van der Waals surface area contributed by atoms with E-state index in [1.807, 2.05) is 18.7 Å². The number of hydrogen-bond donors (Lipinski definition) is 3. The van der Waals surface area contributed by atoms with Gasteiger partial charge in [0.1, 0.15) is 11.1 Å². The number of nitrogens with one attached hydrogen (secondary N) is 1. The van der Waals surface area contributed by atoms with Gasteiger partial charge < -0.3 is 25.8 Å². The number of carboxylic acid groups (broad SMARTS) is 1. The lowest BCUT2D eigenvalue weighted by atomic mass is 10.0. The van der Waals surface area contributed by atoms with Crippen LogP contribution in [0.15, 0.2) is 18.3 Å². The fourth-order valence-corrected chi connectivity index (χ4v) is 3.57. The zero-order valence-electron chi connectivity index (χ0n) is 19.3. The minimum absolute atomic E-state index is 0.0437. The third-order valence-corrected chi connectivity index (χ3v) is 5.01. The molecule has 4 rings (SSSR count). The van der Waals surface area contributed by atoms with Crippen LogP contribution >= 0.6 is 0 Å². The third-order valence-electron chi connectivity index (χ3n) is 5.01. The van der Waals surface area contributed by atoms with Crippen LogP contribution in [0.25, 0.3) is 22.2 Å². The smallest absolute Gasteiger partial charge is 0.290 e. The second kappa shape index (κ2) is 10.9. The Bertz CT molecular complexity index is 1180. The van der Waals surface area contributed by atoms with Crippen LogP contribution in [0, 0.1) is 11.7 Å². The van der Waals surface area contributed by atoms with Gasteiger partial charge in [-0.05, 0) is 18.1 Å². The van der Waals surface area contributed by atoms with Gasteiger partial charge in [-0.2, -0.15) is 10.1 Å². The Kier molecular flexibility index (Phi) is 7.95. The number of carbonyl (C=O) groups is 2. The van der Waals surface area contributed by atoms with Crippen LogP contribution in [-0.4, -0.2) is 70.0 Å². The maximum Gasteiger partial charge on any atom is 0.290 e. The van der Waals surface area contributed by atoms with Crippen molar-refractivity contribution in [2.24, 2.45) is 18.7 Å². The first kappa shape index (κ1) is 24.8. The Labute approximate surface area is 195 Å². The topological polar surface area (TPSA) is 148 Å². The number of hydrogen-bond acceptors (Lipinski definition) is 8. The number of nitrogens with zero attached hydrogens (tertiary/aromatic N) is 5.